The molecule has 0 atom stereocenters. The number of carboxylic acids is 1. The van der Waals surface area contributed by atoms with E-state index in [9.17, 15) is 9.59 Å². The number of aromatic carboxylic acids is 1. The second-order valence-corrected chi connectivity index (χ2v) is 7.30. The molecule has 1 amide bonds. The van der Waals surface area contributed by atoms with E-state index in [1.807, 2.05) is 24.3 Å². The summed E-state index contributed by atoms with van der Waals surface area (Å²) >= 11 is 6.01. The Morgan fingerprint density at radius 1 is 1.11 bits per heavy atom. The van der Waals surface area contributed by atoms with Crippen molar-refractivity contribution in [3.05, 3.63) is 70.2 Å². The first-order valence-corrected chi connectivity index (χ1v) is 9.29. The van der Waals surface area contributed by atoms with Crippen LogP contribution in [0.5, 0.6) is 0 Å². The molecule has 1 aliphatic rings. The summed E-state index contributed by atoms with van der Waals surface area (Å²) in [6.45, 7) is 1.81. The van der Waals surface area contributed by atoms with E-state index < -0.39 is 5.97 Å². The number of carbonyl (C=O) groups excluding carboxylic acids is 1. The second kappa shape index (κ2) is 8.55. The van der Waals surface area contributed by atoms with Crippen LogP contribution >= 0.6 is 11.6 Å². The number of carbonyl (C=O) groups is 2. The molecule has 1 saturated heterocycles. The van der Waals surface area contributed by atoms with Gasteiger partial charge in [-0.2, -0.15) is 0 Å². The third-order valence-electron chi connectivity index (χ3n) is 5.07. The van der Waals surface area contributed by atoms with E-state index in [4.69, 9.17) is 21.4 Å². The van der Waals surface area contributed by atoms with Gasteiger partial charge in [-0.15, -0.1) is 0 Å². The van der Waals surface area contributed by atoms with Crippen LogP contribution in [0.4, 0.5) is 0 Å². The largest absolute Gasteiger partial charge is 0.478 e. The van der Waals surface area contributed by atoms with Crippen LogP contribution in [-0.4, -0.2) is 36.7 Å². The van der Waals surface area contributed by atoms with Gasteiger partial charge < -0.3 is 15.2 Å². The molecule has 1 heterocycles. The van der Waals surface area contributed by atoms with Gasteiger partial charge in [-0.25, -0.2) is 4.79 Å². The summed E-state index contributed by atoms with van der Waals surface area (Å²) in [5.41, 5.74) is 1.83. The molecule has 1 fully saturated rings. The van der Waals surface area contributed by atoms with Gasteiger partial charge in [0, 0.05) is 30.2 Å². The van der Waals surface area contributed by atoms with E-state index in [0.717, 1.165) is 18.4 Å². The molecule has 0 aliphatic carbocycles. The van der Waals surface area contributed by atoms with Crippen LogP contribution in [-0.2, 0) is 21.4 Å². The summed E-state index contributed by atoms with van der Waals surface area (Å²) in [4.78, 5) is 23.5. The van der Waals surface area contributed by atoms with Gasteiger partial charge in [-0.05, 0) is 48.2 Å². The number of nitrogens with one attached hydrogen (secondary N) is 1. The smallest absolute Gasteiger partial charge is 0.335 e. The summed E-state index contributed by atoms with van der Waals surface area (Å²) in [6, 6.07) is 14.2. The van der Waals surface area contributed by atoms with Gasteiger partial charge in [-0.1, -0.05) is 35.9 Å². The van der Waals surface area contributed by atoms with E-state index in [1.54, 1.807) is 12.1 Å². The molecular formula is C21H22ClNO4. The SMILES string of the molecule is O=C(Cc1cccc(C(=O)O)c1)NCC1(c2ccc(Cl)cc2)CCOCC1. The molecule has 3 rings (SSSR count). The highest BCUT2D eigenvalue weighted by molar-refractivity contribution is 6.30. The Morgan fingerprint density at radius 3 is 2.48 bits per heavy atom. The summed E-state index contributed by atoms with van der Waals surface area (Å²) in [5, 5.41) is 12.8. The lowest BCUT2D eigenvalue weighted by molar-refractivity contribution is -0.121. The quantitative estimate of drug-likeness (QED) is 0.796. The number of amides is 1. The average Bonchev–Trinajstić information content (AvgIpc) is 2.68. The van der Waals surface area contributed by atoms with E-state index in [0.29, 0.717) is 30.3 Å². The fraction of sp³-hybridized carbons (Fsp3) is 0.333. The first kappa shape index (κ1) is 19.4. The fourth-order valence-corrected chi connectivity index (χ4v) is 3.59. The topological polar surface area (TPSA) is 75.6 Å². The first-order valence-electron chi connectivity index (χ1n) is 8.91. The van der Waals surface area contributed by atoms with E-state index in [1.165, 1.54) is 12.1 Å². The number of ether oxygens (including phenoxy) is 1. The zero-order valence-corrected chi connectivity index (χ0v) is 15.7. The lowest BCUT2D eigenvalue weighted by Crippen LogP contribution is -2.45. The fourth-order valence-electron chi connectivity index (χ4n) is 3.46. The van der Waals surface area contributed by atoms with E-state index in [2.05, 4.69) is 5.32 Å². The molecular weight excluding hydrogens is 366 g/mol. The highest BCUT2D eigenvalue weighted by Crippen LogP contribution is 2.34. The van der Waals surface area contributed by atoms with Gasteiger partial charge in [0.05, 0.1) is 12.0 Å². The van der Waals surface area contributed by atoms with Gasteiger partial charge in [0.15, 0.2) is 0 Å². The summed E-state index contributed by atoms with van der Waals surface area (Å²) in [7, 11) is 0. The maximum Gasteiger partial charge on any atom is 0.335 e. The molecule has 1 aliphatic heterocycles. The van der Waals surface area contributed by atoms with Crippen molar-refractivity contribution in [3.63, 3.8) is 0 Å². The van der Waals surface area contributed by atoms with Crippen molar-refractivity contribution in [1.29, 1.82) is 0 Å². The van der Waals surface area contributed by atoms with Gasteiger partial charge in [0.25, 0.3) is 0 Å². The Bertz CT molecular complexity index is 813. The monoisotopic (exact) mass is 387 g/mol. The number of rotatable bonds is 6. The van der Waals surface area contributed by atoms with Crippen LogP contribution in [0.2, 0.25) is 5.02 Å². The molecule has 0 spiro atoms. The third kappa shape index (κ3) is 4.87. The zero-order chi connectivity index (χ0) is 19.3. The molecule has 0 unspecified atom stereocenters. The lowest BCUT2D eigenvalue weighted by atomic mass is 9.74. The molecule has 142 valence electrons. The van der Waals surface area contributed by atoms with Crippen LogP contribution in [0, 0.1) is 0 Å². The zero-order valence-electron chi connectivity index (χ0n) is 14.9. The van der Waals surface area contributed by atoms with Crippen molar-refractivity contribution in [2.45, 2.75) is 24.7 Å². The number of carboxylic acid groups (broad SMARTS) is 1. The first-order chi connectivity index (χ1) is 13.0. The molecule has 27 heavy (non-hydrogen) atoms. The Hall–Kier alpha value is -2.37. The van der Waals surface area contributed by atoms with Crippen molar-refractivity contribution in [3.8, 4) is 0 Å². The van der Waals surface area contributed by atoms with Crippen molar-refractivity contribution >= 4 is 23.5 Å². The van der Waals surface area contributed by atoms with Gasteiger partial charge in [-0.3, -0.25) is 4.79 Å². The van der Waals surface area contributed by atoms with Crippen LogP contribution in [0.25, 0.3) is 0 Å². The molecule has 0 aromatic heterocycles. The molecule has 2 N–H and O–H groups in total. The van der Waals surface area contributed by atoms with Gasteiger partial charge in [0.2, 0.25) is 5.91 Å². The molecule has 2 aromatic carbocycles. The van der Waals surface area contributed by atoms with E-state index in [-0.39, 0.29) is 23.3 Å². The predicted molar refractivity (Wildman–Crippen MR) is 103 cm³/mol. The van der Waals surface area contributed by atoms with Crippen molar-refractivity contribution in [1.82, 2.24) is 5.32 Å². The summed E-state index contributed by atoms with van der Waals surface area (Å²) < 4.78 is 5.51. The van der Waals surface area contributed by atoms with Crippen molar-refractivity contribution in [2.24, 2.45) is 0 Å². The second-order valence-electron chi connectivity index (χ2n) is 6.86. The molecule has 5 nitrogen and oxygen atoms in total. The van der Waals surface area contributed by atoms with Gasteiger partial charge >= 0.3 is 5.97 Å². The summed E-state index contributed by atoms with van der Waals surface area (Å²) in [5.74, 6) is -1.13. The van der Waals surface area contributed by atoms with Crippen molar-refractivity contribution in [2.75, 3.05) is 19.8 Å². The number of hydrogen-bond acceptors (Lipinski definition) is 3. The maximum atomic E-state index is 12.5. The third-order valence-corrected chi connectivity index (χ3v) is 5.32. The number of halogens is 1. The Balaban J connectivity index is 1.68. The standard InChI is InChI=1S/C21H22ClNO4/c22-18-6-4-17(5-7-18)21(8-10-27-11-9-21)14-23-19(24)13-15-2-1-3-16(12-15)20(25)26/h1-7,12H,8-11,13-14H2,(H,23,24)(H,25,26). The Morgan fingerprint density at radius 2 is 1.81 bits per heavy atom. The number of hydrogen-bond donors (Lipinski definition) is 2. The molecule has 0 saturated carbocycles. The van der Waals surface area contributed by atoms with E-state index >= 15 is 0 Å². The normalized spacial score (nSPS) is 15.9. The lowest BCUT2D eigenvalue weighted by Gasteiger charge is -2.38. The van der Waals surface area contributed by atoms with Crippen molar-refractivity contribution < 1.29 is 19.4 Å². The van der Waals surface area contributed by atoms with Crippen LogP contribution in [0.15, 0.2) is 48.5 Å². The molecule has 6 heteroatoms. The van der Waals surface area contributed by atoms with Crippen LogP contribution in [0.1, 0.15) is 34.3 Å². The summed E-state index contributed by atoms with van der Waals surface area (Å²) in [6.07, 6.45) is 1.79. The minimum atomic E-state index is -0.999. The molecule has 0 radical (unpaired) electrons. The minimum Gasteiger partial charge on any atom is -0.478 e. The molecule has 2 aromatic rings. The highest BCUT2D eigenvalue weighted by atomic mass is 35.5. The van der Waals surface area contributed by atoms with Crippen LogP contribution < -0.4 is 5.32 Å². The Kier molecular flexibility index (Phi) is 6.14. The Labute approximate surface area is 163 Å². The minimum absolute atomic E-state index is 0.127. The predicted octanol–water partition coefficient (Wildman–Crippen LogP) is 3.45. The van der Waals surface area contributed by atoms with Crippen LogP contribution in [0.3, 0.4) is 0 Å². The highest BCUT2D eigenvalue weighted by Gasteiger charge is 2.34. The van der Waals surface area contributed by atoms with Gasteiger partial charge in [0.1, 0.15) is 0 Å². The maximum absolute atomic E-state index is 12.5. The molecule has 0 bridgehead atoms. The average molecular weight is 388 g/mol. The number of benzene rings is 2.